The molecule has 0 unspecified atom stereocenters. The van der Waals surface area contributed by atoms with Crippen molar-refractivity contribution in [2.45, 2.75) is 57.5 Å². The van der Waals surface area contributed by atoms with E-state index in [2.05, 4.69) is 4.89 Å². The maximum Gasteiger partial charge on any atom is 0.278 e. The van der Waals surface area contributed by atoms with Crippen LogP contribution in [0.15, 0.2) is 72.8 Å². The van der Waals surface area contributed by atoms with Crippen molar-refractivity contribution in [3.05, 3.63) is 105 Å². The van der Waals surface area contributed by atoms with Crippen molar-refractivity contribution in [1.29, 1.82) is 0 Å². The Balaban J connectivity index is 1.75. The maximum atomic E-state index is 13.9. The van der Waals surface area contributed by atoms with Crippen LogP contribution in [0.1, 0.15) is 48.6 Å². The fourth-order valence-corrected chi connectivity index (χ4v) is 4.95. The fraction of sp³-hybridized carbons (Fsp3) is 0.367. The molecule has 9 nitrogen and oxygen atoms in total. The van der Waals surface area contributed by atoms with Crippen LogP contribution in [-0.4, -0.2) is 46.2 Å². The second-order valence-electron chi connectivity index (χ2n) is 10.1. The highest BCUT2D eigenvalue weighted by molar-refractivity contribution is 5.77. The molecule has 0 saturated carbocycles. The summed E-state index contributed by atoms with van der Waals surface area (Å²) in [5.74, 6) is 0.124. The number of aliphatic hydroxyl groups is 1. The van der Waals surface area contributed by atoms with E-state index in [1.807, 2.05) is 60.7 Å². The summed E-state index contributed by atoms with van der Waals surface area (Å²) in [6, 6.07) is 21.7. The largest absolute Gasteiger partial charge is 0.484 e. The van der Waals surface area contributed by atoms with Crippen molar-refractivity contribution in [1.82, 2.24) is 4.90 Å². The number of aliphatic hydroxyl groups excluding tert-OH is 1. The number of rotatable bonds is 11. The number of aryl methyl sites for hydroxylation is 1. The van der Waals surface area contributed by atoms with Gasteiger partial charge in [-0.25, -0.2) is 9.78 Å². The average Bonchev–Trinajstić information content (AvgIpc) is 2.93. The maximum absolute atomic E-state index is 13.9. The molecule has 1 heterocycles. The molecule has 0 saturated heterocycles. The number of hydrogen-bond acceptors (Lipinski definition) is 7. The third-order valence-corrected chi connectivity index (χ3v) is 7.05. The van der Waals surface area contributed by atoms with Crippen LogP contribution in [-0.2, 0) is 34.0 Å². The Morgan fingerprint density at radius 2 is 1.67 bits per heavy atom. The SMILES string of the molecule is COOCc1cc2c(cc1[N+](=O)[O-])OC(C)(C)[C@H](O)[C@H]2N(CCc1ccccc1)C(=O)CCc1ccccc1. The highest BCUT2D eigenvalue weighted by atomic mass is 17.2. The van der Waals surface area contributed by atoms with Crippen molar-refractivity contribution >= 4 is 11.6 Å². The number of hydrogen-bond donors (Lipinski definition) is 1. The summed E-state index contributed by atoms with van der Waals surface area (Å²) in [5.41, 5.74) is 1.53. The first-order valence-electron chi connectivity index (χ1n) is 12.9. The van der Waals surface area contributed by atoms with Crippen molar-refractivity contribution in [3.8, 4) is 5.75 Å². The fourth-order valence-electron chi connectivity index (χ4n) is 4.95. The van der Waals surface area contributed by atoms with E-state index in [0.29, 0.717) is 24.9 Å². The molecule has 9 heteroatoms. The van der Waals surface area contributed by atoms with Gasteiger partial charge >= 0.3 is 0 Å². The number of carbonyl (C=O) groups excluding carboxylic acids is 1. The molecule has 0 aliphatic carbocycles. The molecule has 39 heavy (non-hydrogen) atoms. The smallest absolute Gasteiger partial charge is 0.278 e. The van der Waals surface area contributed by atoms with E-state index in [-0.39, 0.29) is 35.9 Å². The van der Waals surface area contributed by atoms with Gasteiger partial charge in [-0.15, -0.1) is 0 Å². The highest BCUT2D eigenvalue weighted by Crippen LogP contribution is 2.45. The van der Waals surface area contributed by atoms with Crippen LogP contribution in [0.4, 0.5) is 5.69 Å². The van der Waals surface area contributed by atoms with E-state index < -0.39 is 22.7 Å². The van der Waals surface area contributed by atoms with E-state index in [1.54, 1.807) is 24.8 Å². The minimum atomic E-state index is -1.11. The zero-order valence-electron chi connectivity index (χ0n) is 22.4. The first kappa shape index (κ1) is 28.2. The van der Waals surface area contributed by atoms with E-state index in [9.17, 15) is 20.0 Å². The van der Waals surface area contributed by atoms with E-state index >= 15 is 0 Å². The Morgan fingerprint density at radius 1 is 1.05 bits per heavy atom. The van der Waals surface area contributed by atoms with Gasteiger partial charge < -0.3 is 14.7 Å². The monoisotopic (exact) mass is 534 g/mol. The molecule has 1 aliphatic rings. The molecule has 1 aliphatic heterocycles. The van der Waals surface area contributed by atoms with Gasteiger partial charge in [-0.2, -0.15) is 0 Å². The second-order valence-corrected chi connectivity index (χ2v) is 10.1. The van der Waals surface area contributed by atoms with Crippen LogP contribution >= 0.6 is 0 Å². The number of fused-ring (bicyclic) bond motifs is 1. The van der Waals surface area contributed by atoms with Crippen LogP contribution < -0.4 is 4.74 Å². The Labute approximate surface area is 228 Å². The van der Waals surface area contributed by atoms with Gasteiger partial charge in [0.05, 0.1) is 29.7 Å². The molecule has 3 aromatic carbocycles. The van der Waals surface area contributed by atoms with Gasteiger partial charge in [-0.1, -0.05) is 60.7 Å². The first-order valence-corrected chi connectivity index (χ1v) is 12.9. The molecule has 2 atom stereocenters. The summed E-state index contributed by atoms with van der Waals surface area (Å²) >= 11 is 0. The summed E-state index contributed by atoms with van der Waals surface area (Å²) in [4.78, 5) is 36.6. The molecule has 0 aromatic heterocycles. The summed E-state index contributed by atoms with van der Waals surface area (Å²) in [6.07, 6.45) is 0.263. The Kier molecular flexibility index (Phi) is 8.96. The quantitative estimate of drug-likeness (QED) is 0.210. The molecule has 0 bridgehead atoms. The van der Waals surface area contributed by atoms with Crippen molar-refractivity contribution in [3.63, 3.8) is 0 Å². The van der Waals surface area contributed by atoms with Crippen LogP contribution in [0.25, 0.3) is 0 Å². The minimum Gasteiger partial charge on any atom is -0.484 e. The normalized spacial score (nSPS) is 17.6. The van der Waals surface area contributed by atoms with Crippen LogP contribution in [0, 0.1) is 10.1 Å². The zero-order valence-corrected chi connectivity index (χ0v) is 22.4. The minimum absolute atomic E-state index is 0.129. The Bertz CT molecular complexity index is 1280. The third-order valence-electron chi connectivity index (χ3n) is 7.05. The number of amides is 1. The van der Waals surface area contributed by atoms with Gasteiger partial charge in [0.25, 0.3) is 5.69 Å². The molecule has 1 N–H and O–H groups in total. The van der Waals surface area contributed by atoms with E-state index in [1.165, 1.54) is 13.2 Å². The zero-order chi connectivity index (χ0) is 28.0. The molecule has 0 fully saturated rings. The second kappa shape index (κ2) is 12.4. The third kappa shape index (κ3) is 6.62. The molecular formula is C30H34N2O7. The van der Waals surface area contributed by atoms with Gasteiger partial charge in [0.15, 0.2) is 0 Å². The lowest BCUT2D eigenvalue weighted by molar-refractivity contribution is -0.387. The predicted octanol–water partition coefficient (Wildman–Crippen LogP) is 4.95. The van der Waals surface area contributed by atoms with Crippen molar-refractivity contribution in [2.75, 3.05) is 13.7 Å². The Morgan fingerprint density at radius 3 is 2.26 bits per heavy atom. The van der Waals surface area contributed by atoms with Crippen molar-refractivity contribution in [2.24, 2.45) is 0 Å². The van der Waals surface area contributed by atoms with Crippen LogP contribution in [0.5, 0.6) is 5.75 Å². The van der Waals surface area contributed by atoms with Gasteiger partial charge in [-0.3, -0.25) is 14.9 Å². The highest BCUT2D eigenvalue weighted by Gasteiger charge is 2.47. The van der Waals surface area contributed by atoms with Gasteiger partial charge in [0.1, 0.15) is 24.1 Å². The van der Waals surface area contributed by atoms with E-state index in [0.717, 1.165) is 11.1 Å². The standard InChI is InChI=1S/C30H34N2O7/c1-30(2)29(34)28(24-18-23(20-38-37-3)25(32(35)36)19-26(24)39-30)31(17-16-22-12-8-5-9-13-22)27(33)15-14-21-10-6-4-7-11-21/h4-13,18-19,28-29,34H,14-17,20H2,1-3H3/t28-,29+/m0/s1. The molecule has 206 valence electrons. The Hall–Kier alpha value is -3.79. The van der Waals surface area contributed by atoms with Gasteiger partial charge in [-0.05, 0) is 43.9 Å². The lowest BCUT2D eigenvalue weighted by Crippen LogP contribution is -2.55. The molecule has 0 radical (unpaired) electrons. The number of ether oxygens (including phenoxy) is 1. The topological polar surface area (TPSA) is 111 Å². The first-order chi connectivity index (χ1) is 18.7. The summed E-state index contributed by atoms with van der Waals surface area (Å²) < 4.78 is 6.07. The van der Waals surface area contributed by atoms with Crippen LogP contribution in [0.3, 0.4) is 0 Å². The number of nitro benzene ring substituents is 1. The summed E-state index contributed by atoms with van der Waals surface area (Å²) in [5, 5.41) is 23.4. The molecule has 1 amide bonds. The predicted molar refractivity (Wildman–Crippen MR) is 145 cm³/mol. The molecule has 4 rings (SSSR count). The van der Waals surface area contributed by atoms with Gasteiger partial charge in [0, 0.05) is 18.5 Å². The van der Waals surface area contributed by atoms with E-state index in [4.69, 9.17) is 9.62 Å². The van der Waals surface area contributed by atoms with Crippen LogP contribution in [0.2, 0.25) is 0 Å². The molecular weight excluding hydrogens is 500 g/mol. The lowest BCUT2D eigenvalue weighted by Gasteiger charge is -2.46. The lowest BCUT2D eigenvalue weighted by atomic mass is 9.84. The molecule has 3 aromatic rings. The molecule has 0 spiro atoms. The summed E-state index contributed by atoms with van der Waals surface area (Å²) in [6.45, 7) is 3.59. The number of nitrogens with zero attached hydrogens (tertiary/aromatic N) is 2. The number of benzene rings is 3. The van der Waals surface area contributed by atoms with Crippen molar-refractivity contribution < 1.29 is 29.3 Å². The number of carbonyl (C=O) groups is 1. The number of nitro groups is 1. The van der Waals surface area contributed by atoms with Gasteiger partial charge in [0.2, 0.25) is 5.91 Å². The average molecular weight is 535 g/mol. The summed E-state index contributed by atoms with van der Waals surface area (Å²) in [7, 11) is 1.32.